The predicted molar refractivity (Wildman–Crippen MR) is 99.6 cm³/mol. The normalized spacial score (nSPS) is 18.5. The monoisotopic (exact) mass is 340 g/mol. The highest BCUT2D eigenvalue weighted by atomic mass is 32.2. The van der Waals surface area contributed by atoms with Gasteiger partial charge in [-0.1, -0.05) is 48.7 Å². The van der Waals surface area contributed by atoms with E-state index in [1.165, 1.54) is 59.4 Å². The summed E-state index contributed by atoms with van der Waals surface area (Å²) >= 11 is 1.72. The van der Waals surface area contributed by atoms with Crippen molar-refractivity contribution in [2.24, 2.45) is 0 Å². The molecule has 0 radical (unpaired) electrons. The van der Waals surface area contributed by atoms with Crippen molar-refractivity contribution in [3.8, 4) is 0 Å². The average Bonchev–Trinajstić information content (AvgIpc) is 3.00. The summed E-state index contributed by atoms with van der Waals surface area (Å²) in [6, 6.07) is 6.63. The quantitative estimate of drug-likeness (QED) is 0.837. The maximum absolute atomic E-state index is 4.53. The van der Waals surface area contributed by atoms with E-state index >= 15 is 0 Å². The van der Waals surface area contributed by atoms with Crippen molar-refractivity contribution in [3.63, 3.8) is 0 Å². The molecule has 1 aromatic carbocycles. The minimum atomic E-state index is 0.534. The van der Waals surface area contributed by atoms with Crippen molar-refractivity contribution >= 4 is 17.5 Å². The first-order valence-corrected chi connectivity index (χ1v) is 9.64. The first-order chi connectivity index (χ1) is 11.6. The van der Waals surface area contributed by atoms with Crippen LogP contribution in [-0.2, 0) is 0 Å². The third-order valence-electron chi connectivity index (χ3n) is 5.11. The van der Waals surface area contributed by atoms with E-state index in [-0.39, 0.29) is 0 Å². The highest BCUT2D eigenvalue weighted by molar-refractivity contribution is 8.03. The number of hydrogen-bond donors (Lipinski definition) is 1. The maximum atomic E-state index is 4.53. The molecule has 1 saturated carbocycles. The molecule has 126 valence electrons. The molecule has 0 atom stereocenters. The van der Waals surface area contributed by atoms with Crippen molar-refractivity contribution in [1.29, 1.82) is 0 Å². The van der Waals surface area contributed by atoms with Crippen LogP contribution in [0.4, 0.5) is 0 Å². The highest BCUT2D eigenvalue weighted by Crippen LogP contribution is 2.39. The molecule has 0 saturated heterocycles. The van der Waals surface area contributed by atoms with E-state index in [1.807, 2.05) is 0 Å². The van der Waals surface area contributed by atoms with E-state index in [2.05, 4.69) is 59.3 Å². The third-order valence-corrected chi connectivity index (χ3v) is 6.07. The molecule has 5 heteroatoms. The second-order valence-electron chi connectivity index (χ2n) is 6.97. The zero-order valence-corrected chi connectivity index (χ0v) is 15.4. The Kier molecular flexibility index (Phi) is 4.12. The van der Waals surface area contributed by atoms with E-state index < -0.39 is 0 Å². The second-order valence-corrected chi connectivity index (χ2v) is 8.16. The summed E-state index contributed by atoms with van der Waals surface area (Å²) in [4.78, 5) is 1.25. The van der Waals surface area contributed by atoms with E-state index in [0.717, 1.165) is 11.0 Å². The molecule has 1 fully saturated rings. The van der Waals surface area contributed by atoms with E-state index in [4.69, 9.17) is 0 Å². The largest absolute Gasteiger partial charge is 0.289 e. The van der Waals surface area contributed by atoms with Gasteiger partial charge in [-0.25, -0.2) is 4.68 Å². The number of fused-ring (bicyclic) bond motifs is 1. The number of nitrogens with zero attached hydrogens (tertiary/aromatic N) is 3. The molecular weight excluding hydrogens is 316 g/mol. The van der Waals surface area contributed by atoms with Crippen LogP contribution >= 0.6 is 11.8 Å². The predicted octanol–water partition coefficient (Wildman–Crippen LogP) is 4.98. The number of allylic oxidation sites excluding steroid dienone is 1. The Morgan fingerprint density at radius 1 is 1.08 bits per heavy atom. The molecule has 1 N–H and O–H groups in total. The van der Waals surface area contributed by atoms with Crippen LogP contribution in [0.3, 0.4) is 0 Å². The van der Waals surface area contributed by atoms with E-state index in [9.17, 15) is 0 Å². The molecule has 0 amide bonds. The van der Waals surface area contributed by atoms with Gasteiger partial charge in [0, 0.05) is 16.4 Å². The Labute approximate surface area is 147 Å². The van der Waals surface area contributed by atoms with Crippen LogP contribution in [0.25, 0.3) is 5.70 Å². The first-order valence-electron chi connectivity index (χ1n) is 8.82. The Morgan fingerprint density at radius 2 is 1.88 bits per heavy atom. The summed E-state index contributed by atoms with van der Waals surface area (Å²) in [6.07, 6.45) is 6.42. The molecule has 2 aliphatic rings. The van der Waals surface area contributed by atoms with Crippen LogP contribution in [0, 0.1) is 13.8 Å². The topological polar surface area (TPSA) is 42.7 Å². The maximum Gasteiger partial charge on any atom is 0.214 e. The lowest BCUT2D eigenvalue weighted by Gasteiger charge is -2.27. The standard InChI is InChI=1S/C19H24N4S/c1-12-9-10-13(2)16(11-12)17-14(3)24-19-21-20-18(23(19)22-17)15-7-5-4-6-8-15/h9-11,15,22H,4-8H2,1-3H3. The molecular formula is C19H24N4S. The van der Waals surface area contributed by atoms with Crippen LogP contribution in [0.5, 0.6) is 0 Å². The van der Waals surface area contributed by atoms with Crippen molar-refractivity contribution in [2.45, 2.75) is 63.9 Å². The molecule has 2 heterocycles. The SMILES string of the molecule is CC1=C(c2cc(C)ccc2C)Nn2c(nnc2C2CCCCC2)S1. The summed E-state index contributed by atoms with van der Waals surface area (Å²) in [5.74, 6) is 1.64. The summed E-state index contributed by atoms with van der Waals surface area (Å²) in [7, 11) is 0. The molecule has 4 nitrogen and oxygen atoms in total. The number of benzene rings is 1. The fourth-order valence-corrected chi connectivity index (χ4v) is 4.55. The Bertz CT molecular complexity index is 800. The van der Waals surface area contributed by atoms with E-state index in [0.29, 0.717) is 5.92 Å². The fraction of sp³-hybridized carbons (Fsp3) is 0.474. The van der Waals surface area contributed by atoms with Gasteiger partial charge in [0.25, 0.3) is 0 Å². The summed E-state index contributed by atoms with van der Waals surface area (Å²) < 4.78 is 2.13. The summed E-state index contributed by atoms with van der Waals surface area (Å²) in [6.45, 7) is 6.48. The lowest BCUT2D eigenvalue weighted by atomic mass is 9.89. The minimum Gasteiger partial charge on any atom is -0.289 e. The van der Waals surface area contributed by atoms with Crippen LogP contribution in [0.1, 0.15) is 67.5 Å². The molecule has 0 spiro atoms. The van der Waals surface area contributed by atoms with E-state index in [1.54, 1.807) is 11.8 Å². The van der Waals surface area contributed by atoms with Crippen molar-refractivity contribution in [2.75, 3.05) is 5.43 Å². The van der Waals surface area contributed by atoms with Crippen LogP contribution in [0.2, 0.25) is 0 Å². The average molecular weight is 340 g/mol. The Morgan fingerprint density at radius 3 is 2.67 bits per heavy atom. The summed E-state index contributed by atoms with van der Waals surface area (Å²) in [5.41, 5.74) is 8.66. The van der Waals surface area contributed by atoms with Crippen LogP contribution in [-0.4, -0.2) is 14.9 Å². The van der Waals surface area contributed by atoms with Gasteiger partial charge in [-0.2, -0.15) is 0 Å². The molecule has 0 unspecified atom stereocenters. The molecule has 1 aliphatic heterocycles. The Balaban J connectivity index is 1.71. The lowest BCUT2D eigenvalue weighted by molar-refractivity contribution is 0.420. The Hall–Kier alpha value is -1.75. The summed E-state index contributed by atoms with van der Waals surface area (Å²) in [5, 5.41) is 9.92. The fourth-order valence-electron chi connectivity index (χ4n) is 3.71. The van der Waals surface area contributed by atoms with Gasteiger partial charge in [-0.3, -0.25) is 5.43 Å². The number of aromatic nitrogens is 3. The minimum absolute atomic E-state index is 0.534. The number of rotatable bonds is 2. The number of aryl methyl sites for hydroxylation is 2. The molecule has 4 rings (SSSR count). The van der Waals surface area contributed by atoms with Gasteiger partial charge in [-0.15, -0.1) is 10.2 Å². The zero-order valence-electron chi connectivity index (χ0n) is 14.6. The smallest absolute Gasteiger partial charge is 0.214 e. The first kappa shape index (κ1) is 15.8. The molecule has 2 aromatic rings. The van der Waals surface area contributed by atoms with Crippen molar-refractivity contribution in [1.82, 2.24) is 14.9 Å². The molecule has 1 aromatic heterocycles. The second kappa shape index (κ2) is 6.28. The molecule has 0 bridgehead atoms. The highest BCUT2D eigenvalue weighted by Gasteiger charge is 2.27. The van der Waals surface area contributed by atoms with Crippen LogP contribution in [0.15, 0.2) is 28.3 Å². The third kappa shape index (κ3) is 2.75. The van der Waals surface area contributed by atoms with Gasteiger partial charge in [0.1, 0.15) is 0 Å². The van der Waals surface area contributed by atoms with Gasteiger partial charge >= 0.3 is 0 Å². The van der Waals surface area contributed by atoms with Gasteiger partial charge in [0.15, 0.2) is 5.82 Å². The van der Waals surface area contributed by atoms with Crippen LogP contribution < -0.4 is 5.43 Å². The molecule has 1 aliphatic carbocycles. The van der Waals surface area contributed by atoms with Gasteiger partial charge in [0.05, 0.1) is 5.70 Å². The van der Waals surface area contributed by atoms with Gasteiger partial charge in [-0.05, 0) is 45.2 Å². The number of nitrogens with one attached hydrogen (secondary N) is 1. The molecule has 24 heavy (non-hydrogen) atoms. The lowest BCUT2D eigenvalue weighted by Crippen LogP contribution is -2.24. The van der Waals surface area contributed by atoms with Crippen molar-refractivity contribution in [3.05, 3.63) is 45.6 Å². The van der Waals surface area contributed by atoms with Gasteiger partial charge in [0.2, 0.25) is 5.16 Å². The zero-order chi connectivity index (χ0) is 16.7. The van der Waals surface area contributed by atoms with Gasteiger partial charge < -0.3 is 0 Å². The number of hydrogen-bond acceptors (Lipinski definition) is 4. The van der Waals surface area contributed by atoms with Crippen molar-refractivity contribution < 1.29 is 0 Å². The number of thioether (sulfide) groups is 1.